The van der Waals surface area contributed by atoms with Crippen molar-refractivity contribution in [2.24, 2.45) is 0 Å². The summed E-state index contributed by atoms with van der Waals surface area (Å²) in [5.74, 6) is -0.923. The molecule has 3 aromatic rings. The van der Waals surface area contributed by atoms with Crippen LogP contribution in [0, 0.1) is 0 Å². The number of H-pyrrole nitrogens is 1. The van der Waals surface area contributed by atoms with Gasteiger partial charge in [-0.2, -0.15) is 0 Å². The SMILES string of the molecule is O=C(Nc1ccc(OC(F)(F)F)cc1)c1cncc(-c2ccc[nH]c2=O)c1. The number of ether oxygens (including phenoxy) is 1. The average Bonchev–Trinajstić information content (AvgIpc) is 2.62. The predicted octanol–water partition coefficient (Wildman–Crippen LogP) is 3.59. The second kappa shape index (κ2) is 7.32. The average molecular weight is 375 g/mol. The number of nitrogens with one attached hydrogen (secondary N) is 2. The molecule has 0 radical (unpaired) electrons. The van der Waals surface area contributed by atoms with Gasteiger partial charge in [-0.05, 0) is 42.5 Å². The molecule has 27 heavy (non-hydrogen) atoms. The molecule has 0 saturated carbocycles. The lowest BCUT2D eigenvalue weighted by atomic mass is 10.1. The molecule has 0 fully saturated rings. The number of carbonyl (C=O) groups excluding carboxylic acids is 1. The second-order valence-electron chi connectivity index (χ2n) is 5.40. The van der Waals surface area contributed by atoms with E-state index < -0.39 is 18.0 Å². The molecule has 2 heterocycles. The third kappa shape index (κ3) is 4.72. The molecule has 9 heteroatoms. The van der Waals surface area contributed by atoms with E-state index in [0.29, 0.717) is 11.1 Å². The van der Waals surface area contributed by atoms with Crippen molar-refractivity contribution in [1.29, 1.82) is 0 Å². The molecule has 1 amide bonds. The maximum atomic E-state index is 12.3. The Labute approximate surface area is 150 Å². The van der Waals surface area contributed by atoms with E-state index in [0.717, 1.165) is 12.1 Å². The maximum absolute atomic E-state index is 12.3. The highest BCUT2D eigenvalue weighted by molar-refractivity contribution is 6.04. The number of halogens is 3. The molecule has 2 N–H and O–H groups in total. The Morgan fingerprint density at radius 2 is 1.85 bits per heavy atom. The summed E-state index contributed by atoms with van der Waals surface area (Å²) >= 11 is 0. The molecule has 3 rings (SSSR count). The van der Waals surface area contributed by atoms with E-state index in [9.17, 15) is 22.8 Å². The van der Waals surface area contributed by atoms with Crippen LogP contribution in [0.3, 0.4) is 0 Å². The summed E-state index contributed by atoms with van der Waals surface area (Å²) in [6, 6.07) is 9.46. The smallest absolute Gasteiger partial charge is 0.406 e. The number of nitrogens with zero attached hydrogens (tertiary/aromatic N) is 1. The zero-order valence-electron chi connectivity index (χ0n) is 13.6. The van der Waals surface area contributed by atoms with Crippen molar-refractivity contribution in [1.82, 2.24) is 9.97 Å². The molecule has 0 atom stereocenters. The number of benzene rings is 1. The first-order valence-electron chi connectivity index (χ1n) is 7.62. The summed E-state index contributed by atoms with van der Waals surface area (Å²) in [5.41, 5.74) is 0.952. The Hall–Kier alpha value is -3.62. The summed E-state index contributed by atoms with van der Waals surface area (Å²) in [6.07, 6.45) is -0.532. The molecule has 138 valence electrons. The first-order chi connectivity index (χ1) is 12.8. The maximum Gasteiger partial charge on any atom is 0.573 e. The normalized spacial score (nSPS) is 11.1. The van der Waals surface area contributed by atoms with E-state index in [1.54, 1.807) is 12.1 Å². The number of pyridine rings is 2. The van der Waals surface area contributed by atoms with Gasteiger partial charge in [0.25, 0.3) is 11.5 Å². The Bertz CT molecular complexity index is 1010. The topological polar surface area (TPSA) is 84.1 Å². The van der Waals surface area contributed by atoms with Crippen molar-refractivity contribution < 1.29 is 22.7 Å². The number of hydrogen-bond acceptors (Lipinski definition) is 4. The van der Waals surface area contributed by atoms with Crippen molar-refractivity contribution in [2.75, 3.05) is 5.32 Å². The molecule has 0 unspecified atom stereocenters. The molecule has 0 bridgehead atoms. The van der Waals surface area contributed by atoms with E-state index in [4.69, 9.17) is 0 Å². The van der Waals surface area contributed by atoms with Gasteiger partial charge in [0.1, 0.15) is 5.75 Å². The van der Waals surface area contributed by atoms with E-state index >= 15 is 0 Å². The summed E-state index contributed by atoms with van der Waals surface area (Å²) in [4.78, 5) is 30.7. The molecule has 0 spiro atoms. The monoisotopic (exact) mass is 375 g/mol. The molecule has 1 aromatic carbocycles. The van der Waals surface area contributed by atoms with Crippen LogP contribution in [0.25, 0.3) is 11.1 Å². The minimum atomic E-state index is -4.79. The highest BCUT2D eigenvalue weighted by Gasteiger charge is 2.30. The van der Waals surface area contributed by atoms with Crippen molar-refractivity contribution in [3.63, 3.8) is 0 Å². The molecule has 0 aliphatic rings. The minimum absolute atomic E-state index is 0.186. The van der Waals surface area contributed by atoms with Crippen LogP contribution in [0.4, 0.5) is 18.9 Å². The molecular formula is C18H12F3N3O3. The Kier molecular flexibility index (Phi) is 4.93. The third-order valence-electron chi connectivity index (χ3n) is 3.48. The van der Waals surface area contributed by atoms with Gasteiger partial charge in [0.05, 0.1) is 5.56 Å². The molecule has 0 saturated heterocycles. The lowest BCUT2D eigenvalue weighted by Crippen LogP contribution is -2.17. The van der Waals surface area contributed by atoms with Gasteiger partial charge in [-0.25, -0.2) is 0 Å². The Morgan fingerprint density at radius 3 is 2.52 bits per heavy atom. The number of hydrogen-bond donors (Lipinski definition) is 2. The largest absolute Gasteiger partial charge is 0.573 e. The quantitative estimate of drug-likeness (QED) is 0.730. The standard InChI is InChI=1S/C18H12F3N3O3/c19-18(20,21)27-14-5-3-13(4-6-14)24-16(25)12-8-11(9-22-10-12)15-2-1-7-23-17(15)26/h1-10H,(H,23,26)(H,24,25). The van der Waals surface area contributed by atoms with Crippen LogP contribution >= 0.6 is 0 Å². The lowest BCUT2D eigenvalue weighted by Gasteiger charge is -2.10. The van der Waals surface area contributed by atoms with Crippen LogP contribution in [0.15, 0.2) is 65.8 Å². The van der Waals surface area contributed by atoms with Gasteiger partial charge >= 0.3 is 6.36 Å². The summed E-state index contributed by atoms with van der Waals surface area (Å²) in [7, 11) is 0. The van der Waals surface area contributed by atoms with Gasteiger partial charge in [0.2, 0.25) is 0 Å². The number of anilines is 1. The van der Waals surface area contributed by atoms with Crippen LogP contribution in [0.5, 0.6) is 5.75 Å². The van der Waals surface area contributed by atoms with Crippen molar-refractivity contribution in [3.05, 3.63) is 77.0 Å². The van der Waals surface area contributed by atoms with Gasteiger partial charge in [-0.3, -0.25) is 14.6 Å². The summed E-state index contributed by atoms with van der Waals surface area (Å²) in [5, 5.41) is 2.54. The van der Waals surface area contributed by atoms with Crippen LogP contribution in [-0.4, -0.2) is 22.2 Å². The van der Waals surface area contributed by atoms with Gasteiger partial charge in [-0.15, -0.1) is 13.2 Å². The molecule has 0 aliphatic carbocycles. The van der Waals surface area contributed by atoms with Crippen LogP contribution in [-0.2, 0) is 0 Å². The van der Waals surface area contributed by atoms with E-state index in [-0.39, 0.29) is 16.8 Å². The zero-order valence-corrected chi connectivity index (χ0v) is 13.6. The number of aromatic nitrogens is 2. The number of amides is 1. The first kappa shape index (κ1) is 18.2. The van der Waals surface area contributed by atoms with E-state index in [1.807, 2.05) is 0 Å². The molecule has 2 aromatic heterocycles. The summed E-state index contributed by atoms with van der Waals surface area (Å²) in [6.45, 7) is 0. The van der Waals surface area contributed by atoms with Crippen molar-refractivity contribution in [2.45, 2.75) is 6.36 Å². The van der Waals surface area contributed by atoms with Gasteiger partial charge in [0.15, 0.2) is 0 Å². The molecule has 6 nitrogen and oxygen atoms in total. The van der Waals surface area contributed by atoms with E-state index in [2.05, 4.69) is 20.0 Å². The lowest BCUT2D eigenvalue weighted by molar-refractivity contribution is -0.274. The number of alkyl halides is 3. The van der Waals surface area contributed by atoms with Gasteiger partial charge in [0, 0.05) is 35.4 Å². The van der Waals surface area contributed by atoms with Gasteiger partial charge < -0.3 is 15.0 Å². The van der Waals surface area contributed by atoms with Crippen molar-refractivity contribution in [3.8, 4) is 16.9 Å². The highest BCUT2D eigenvalue weighted by Crippen LogP contribution is 2.24. The summed E-state index contributed by atoms with van der Waals surface area (Å²) < 4.78 is 40.2. The van der Waals surface area contributed by atoms with Crippen LogP contribution in [0.1, 0.15) is 10.4 Å². The fourth-order valence-electron chi connectivity index (χ4n) is 2.30. The fourth-order valence-corrected chi connectivity index (χ4v) is 2.30. The highest BCUT2D eigenvalue weighted by atomic mass is 19.4. The Balaban J connectivity index is 1.76. The van der Waals surface area contributed by atoms with Crippen LogP contribution in [0.2, 0.25) is 0 Å². The van der Waals surface area contributed by atoms with Crippen molar-refractivity contribution >= 4 is 11.6 Å². The molecular weight excluding hydrogens is 363 g/mol. The zero-order chi connectivity index (χ0) is 19.4. The molecule has 0 aliphatic heterocycles. The number of rotatable bonds is 4. The first-order valence-corrected chi connectivity index (χ1v) is 7.62. The van der Waals surface area contributed by atoms with E-state index in [1.165, 1.54) is 36.8 Å². The fraction of sp³-hybridized carbons (Fsp3) is 0.0556. The van der Waals surface area contributed by atoms with Gasteiger partial charge in [-0.1, -0.05) is 0 Å². The number of carbonyl (C=O) groups is 1. The minimum Gasteiger partial charge on any atom is -0.406 e. The Morgan fingerprint density at radius 1 is 1.11 bits per heavy atom. The second-order valence-corrected chi connectivity index (χ2v) is 5.40. The van der Waals surface area contributed by atoms with Crippen LogP contribution < -0.4 is 15.6 Å². The predicted molar refractivity (Wildman–Crippen MR) is 91.4 cm³/mol. The third-order valence-corrected chi connectivity index (χ3v) is 3.48. The number of aromatic amines is 1.